The number of aliphatic hydroxyl groups is 1. The lowest BCUT2D eigenvalue weighted by Gasteiger charge is -2.18. The summed E-state index contributed by atoms with van der Waals surface area (Å²) in [5.41, 5.74) is 1.70. The zero-order valence-corrected chi connectivity index (χ0v) is 10.3. The highest BCUT2D eigenvalue weighted by Crippen LogP contribution is 2.43. The van der Waals surface area contributed by atoms with Crippen molar-refractivity contribution >= 4 is 0 Å². The van der Waals surface area contributed by atoms with Gasteiger partial charge in [-0.25, -0.2) is 9.97 Å². The maximum Gasteiger partial charge on any atom is 0.134 e. The topological polar surface area (TPSA) is 55.2 Å². The van der Waals surface area contributed by atoms with Crippen molar-refractivity contribution in [3.05, 3.63) is 23.3 Å². The van der Waals surface area contributed by atoms with Gasteiger partial charge in [-0.3, -0.25) is 0 Å². The van der Waals surface area contributed by atoms with Gasteiger partial charge in [0.05, 0.1) is 18.3 Å². The average Bonchev–Trinajstić information content (AvgIpc) is 2.89. The first-order chi connectivity index (χ1) is 8.15. The van der Waals surface area contributed by atoms with Crippen molar-refractivity contribution in [3.8, 4) is 0 Å². The molecule has 0 saturated carbocycles. The highest BCUT2D eigenvalue weighted by molar-refractivity contribution is 5.20. The summed E-state index contributed by atoms with van der Waals surface area (Å²) in [6, 6.07) is 0. The van der Waals surface area contributed by atoms with Crippen LogP contribution in [0.4, 0.5) is 0 Å². The third-order valence-electron chi connectivity index (χ3n) is 3.92. The Balaban J connectivity index is 1.87. The summed E-state index contributed by atoms with van der Waals surface area (Å²) < 4.78 is 5.83. The lowest BCUT2D eigenvalue weighted by atomic mass is 9.88. The van der Waals surface area contributed by atoms with Crippen LogP contribution in [-0.4, -0.2) is 27.3 Å². The first-order valence-electron chi connectivity index (χ1n) is 6.32. The van der Waals surface area contributed by atoms with Crippen LogP contribution in [0, 0.1) is 6.92 Å². The van der Waals surface area contributed by atoms with E-state index in [9.17, 15) is 5.11 Å². The molecular weight excluding hydrogens is 216 g/mol. The van der Waals surface area contributed by atoms with Gasteiger partial charge in [-0.05, 0) is 33.1 Å². The maximum absolute atomic E-state index is 9.56. The van der Waals surface area contributed by atoms with Crippen molar-refractivity contribution in [2.75, 3.05) is 0 Å². The van der Waals surface area contributed by atoms with Gasteiger partial charge in [0.2, 0.25) is 0 Å². The van der Waals surface area contributed by atoms with Crippen molar-refractivity contribution < 1.29 is 9.84 Å². The van der Waals surface area contributed by atoms with Crippen LogP contribution >= 0.6 is 0 Å². The largest absolute Gasteiger partial charge is 0.389 e. The van der Waals surface area contributed by atoms with Gasteiger partial charge in [0.15, 0.2) is 0 Å². The van der Waals surface area contributed by atoms with Crippen LogP contribution in [-0.2, 0) is 4.74 Å². The van der Waals surface area contributed by atoms with Crippen LogP contribution in [0.25, 0.3) is 0 Å². The van der Waals surface area contributed by atoms with Gasteiger partial charge < -0.3 is 9.84 Å². The van der Waals surface area contributed by atoms with E-state index in [-0.39, 0.29) is 0 Å². The lowest BCUT2D eigenvalue weighted by molar-refractivity contribution is 0.0998. The van der Waals surface area contributed by atoms with Gasteiger partial charge in [-0.1, -0.05) is 0 Å². The molecule has 0 amide bonds. The second kappa shape index (κ2) is 4.03. The molecule has 2 fully saturated rings. The minimum Gasteiger partial charge on any atom is -0.389 e. The summed E-state index contributed by atoms with van der Waals surface area (Å²) >= 11 is 0. The minimum absolute atomic E-state index is 0.316. The molecule has 3 unspecified atom stereocenters. The van der Waals surface area contributed by atoms with E-state index in [1.807, 2.05) is 6.92 Å². The number of aliphatic hydroxyl groups excluding tert-OH is 1. The number of hydrogen-bond acceptors (Lipinski definition) is 4. The molecule has 17 heavy (non-hydrogen) atoms. The first kappa shape index (κ1) is 11.1. The molecule has 0 aliphatic carbocycles. The van der Waals surface area contributed by atoms with Gasteiger partial charge in [0.25, 0.3) is 0 Å². The second-order valence-corrected chi connectivity index (χ2v) is 5.16. The molecule has 2 aliphatic heterocycles. The number of fused-ring (bicyclic) bond motifs is 2. The van der Waals surface area contributed by atoms with Gasteiger partial charge in [0.1, 0.15) is 5.82 Å². The monoisotopic (exact) mass is 234 g/mol. The van der Waals surface area contributed by atoms with Crippen LogP contribution < -0.4 is 0 Å². The van der Waals surface area contributed by atoms with Crippen molar-refractivity contribution in [2.45, 2.75) is 57.3 Å². The summed E-state index contributed by atoms with van der Waals surface area (Å²) in [6.07, 6.45) is 5.37. The molecule has 4 heteroatoms. The number of aryl methyl sites for hydroxylation is 1. The molecule has 3 heterocycles. The Morgan fingerprint density at radius 3 is 2.82 bits per heavy atom. The van der Waals surface area contributed by atoms with Crippen molar-refractivity contribution in [2.24, 2.45) is 0 Å². The molecular formula is C13H18N2O2. The number of hydrogen-bond donors (Lipinski definition) is 1. The second-order valence-electron chi connectivity index (χ2n) is 5.16. The van der Waals surface area contributed by atoms with Crippen LogP contribution in [0.2, 0.25) is 0 Å². The number of rotatable bonds is 2. The van der Waals surface area contributed by atoms with E-state index in [2.05, 4.69) is 9.97 Å². The highest BCUT2D eigenvalue weighted by Gasteiger charge is 2.42. The molecule has 0 radical (unpaired) electrons. The van der Waals surface area contributed by atoms with E-state index in [0.29, 0.717) is 18.1 Å². The molecule has 1 aromatic heterocycles. The van der Waals surface area contributed by atoms with Crippen molar-refractivity contribution in [1.29, 1.82) is 0 Å². The molecule has 2 aliphatic rings. The smallest absolute Gasteiger partial charge is 0.134 e. The van der Waals surface area contributed by atoms with Crippen molar-refractivity contribution in [3.63, 3.8) is 0 Å². The van der Waals surface area contributed by atoms with Crippen LogP contribution in [0.1, 0.15) is 55.3 Å². The van der Waals surface area contributed by atoms with E-state index in [0.717, 1.165) is 29.9 Å². The molecule has 92 valence electrons. The van der Waals surface area contributed by atoms with Gasteiger partial charge >= 0.3 is 0 Å². The van der Waals surface area contributed by atoms with Crippen LogP contribution in [0.15, 0.2) is 6.20 Å². The quantitative estimate of drug-likeness (QED) is 0.848. The van der Waals surface area contributed by atoms with Crippen LogP contribution in [0.5, 0.6) is 0 Å². The normalized spacial score (nSPS) is 33.0. The summed E-state index contributed by atoms with van der Waals surface area (Å²) in [5, 5.41) is 9.56. The third kappa shape index (κ3) is 1.85. The minimum atomic E-state index is -0.500. The third-order valence-corrected chi connectivity index (χ3v) is 3.92. The number of aromatic nitrogens is 2. The molecule has 2 saturated heterocycles. The summed E-state index contributed by atoms with van der Waals surface area (Å²) in [5.74, 6) is 1.24. The van der Waals surface area contributed by atoms with E-state index in [1.54, 1.807) is 13.1 Å². The molecule has 1 aromatic rings. The average molecular weight is 234 g/mol. The molecule has 0 spiro atoms. The standard InChI is InChI=1S/C13H18N2O2/c1-7-11(8(2)16)6-14-13(15-7)10-5-9-3-4-12(10)17-9/h6,8-10,12,16H,3-5H2,1-2H3/t8-,9?,10?,12?/m0/s1. The Hall–Kier alpha value is -1.00. The van der Waals surface area contributed by atoms with E-state index < -0.39 is 6.10 Å². The molecule has 4 nitrogen and oxygen atoms in total. The summed E-state index contributed by atoms with van der Waals surface area (Å²) in [7, 11) is 0. The Kier molecular flexibility index (Phi) is 2.64. The molecule has 1 N–H and O–H groups in total. The number of nitrogens with zero attached hydrogens (tertiary/aromatic N) is 2. The fraction of sp³-hybridized carbons (Fsp3) is 0.692. The summed E-state index contributed by atoms with van der Waals surface area (Å²) in [4.78, 5) is 8.95. The molecule has 3 rings (SSSR count). The summed E-state index contributed by atoms with van der Waals surface area (Å²) in [6.45, 7) is 3.67. The fourth-order valence-corrected chi connectivity index (χ4v) is 2.99. The predicted molar refractivity (Wildman–Crippen MR) is 62.7 cm³/mol. The SMILES string of the molecule is Cc1nc(C2CC3CCC2O3)ncc1[C@H](C)O. The Morgan fingerprint density at radius 2 is 2.29 bits per heavy atom. The fourth-order valence-electron chi connectivity index (χ4n) is 2.99. The molecule has 4 atom stereocenters. The Labute approximate surface area is 101 Å². The van der Waals surface area contributed by atoms with Gasteiger partial charge in [-0.15, -0.1) is 0 Å². The van der Waals surface area contributed by atoms with Crippen molar-refractivity contribution in [1.82, 2.24) is 9.97 Å². The highest BCUT2D eigenvalue weighted by atomic mass is 16.5. The molecule has 2 bridgehead atoms. The zero-order valence-electron chi connectivity index (χ0n) is 10.3. The van der Waals surface area contributed by atoms with Gasteiger partial charge in [0, 0.05) is 23.4 Å². The molecule has 0 aromatic carbocycles. The lowest BCUT2D eigenvalue weighted by Crippen LogP contribution is -2.18. The zero-order chi connectivity index (χ0) is 12.0. The van der Waals surface area contributed by atoms with Crippen LogP contribution in [0.3, 0.4) is 0 Å². The Morgan fingerprint density at radius 1 is 1.47 bits per heavy atom. The first-order valence-corrected chi connectivity index (χ1v) is 6.32. The maximum atomic E-state index is 9.56. The van der Waals surface area contributed by atoms with Gasteiger partial charge in [-0.2, -0.15) is 0 Å². The van der Waals surface area contributed by atoms with E-state index >= 15 is 0 Å². The van der Waals surface area contributed by atoms with E-state index in [4.69, 9.17) is 4.74 Å². The Bertz CT molecular complexity index is 433. The predicted octanol–water partition coefficient (Wildman–Crippen LogP) is 1.87. The number of ether oxygens (including phenoxy) is 1. The van der Waals surface area contributed by atoms with E-state index in [1.165, 1.54) is 6.42 Å².